The van der Waals surface area contributed by atoms with E-state index < -0.39 is 26.1 Å². The first kappa shape index (κ1) is 15.6. The van der Waals surface area contributed by atoms with Crippen molar-refractivity contribution in [2.24, 2.45) is 10.2 Å². The van der Waals surface area contributed by atoms with Gasteiger partial charge in [0.2, 0.25) is 0 Å². The van der Waals surface area contributed by atoms with Crippen molar-refractivity contribution < 1.29 is 14.8 Å². The van der Waals surface area contributed by atoms with Crippen LogP contribution in [0, 0.1) is 30.3 Å². The number of azo groups is 1. The van der Waals surface area contributed by atoms with Gasteiger partial charge in [0.05, 0.1) is 26.5 Å². The molecule has 0 heterocycles. The number of nitrogens with zero attached hydrogens (tertiary/aromatic N) is 5. The minimum Gasteiger partial charge on any atom is -0.258 e. The fraction of sp³-hybridized carbons (Fsp3) is 0. The molecule has 0 atom stereocenters. The third-order valence-electron chi connectivity index (χ3n) is 2.70. The van der Waals surface area contributed by atoms with Gasteiger partial charge in [-0.05, 0) is 18.2 Å². The van der Waals surface area contributed by atoms with Crippen LogP contribution >= 0.6 is 0 Å². The molecular weight excluding hydrogens is 310 g/mol. The van der Waals surface area contributed by atoms with Gasteiger partial charge in [-0.2, -0.15) is 5.11 Å². The van der Waals surface area contributed by atoms with Crippen LogP contribution < -0.4 is 0 Å². The monoisotopic (exact) mass is 317 g/mol. The van der Waals surface area contributed by atoms with E-state index in [1.165, 1.54) is 24.3 Å². The minimum atomic E-state index is -0.808. The largest absolute Gasteiger partial charge is 0.303 e. The Morgan fingerprint density at radius 1 is 0.696 bits per heavy atom. The number of benzene rings is 2. The highest BCUT2D eigenvalue weighted by atomic mass is 16.6. The Balaban J connectivity index is 2.33. The Kier molecular flexibility index (Phi) is 4.31. The maximum absolute atomic E-state index is 10.9. The zero-order valence-corrected chi connectivity index (χ0v) is 11.2. The zero-order chi connectivity index (χ0) is 17.0. The molecule has 0 saturated heterocycles. The third-order valence-corrected chi connectivity index (χ3v) is 2.70. The molecule has 0 amide bonds. The first-order valence-corrected chi connectivity index (χ1v) is 5.97. The van der Waals surface area contributed by atoms with Gasteiger partial charge in [-0.3, -0.25) is 30.3 Å². The smallest absolute Gasteiger partial charge is 0.258 e. The van der Waals surface area contributed by atoms with Gasteiger partial charge >= 0.3 is 5.69 Å². The summed E-state index contributed by atoms with van der Waals surface area (Å²) in [6.07, 6.45) is 0. The summed E-state index contributed by atoms with van der Waals surface area (Å²) in [7, 11) is 0. The molecule has 0 saturated carbocycles. The summed E-state index contributed by atoms with van der Waals surface area (Å²) < 4.78 is 0. The second-order valence-electron chi connectivity index (χ2n) is 4.16. The summed E-state index contributed by atoms with van der Waals surface area (Å²) in [5, 5.41) is 39.5. The number of hydrogen-bond donors (Lipinski definition) is 0. The maximum atomic E-state index is 10.9. The Bertz CT molecular complexity index is 817. The highest BCUT2D eigenvalue weighted by Crippen LogP contribution is 2.32. The lowest BCUT2D eigenvalue weighted by molar-refractivity contribution is -0.393. The molecular formula is C12H7N5O6. The van der Waals surface area contributed by atoms with Gasteiger partial charge in [0.15, 0.2) is 5.69 Å². The van der Waals surface area contributed by atoms with Crippen LogP contribution in [0.3, 0.4) is 0 Å². The minimum absolute atomic E-state index is 0.134. The van der Waals surface area contributed by atoms with E-state index in [9.17, 15) is 30.3 Å². The standard InChI is InChI=1S/C12H7N5O6/c18-15(19)9-3-1-8(2-4-9)13-14-11-6-5-10(16(20)21)7-12(11)17(22)23/h1-7H. The predicted molar refractivity (Wildman–Crippen MR) is 77.0 cm³/mol. The molecule has 0 radical (unpaired) electrons. The molecule has 0 aliphatic heterocycles. The van der Waals surface area contributed by atoms with E-state index in [-0.39, 0.29) is 17.1 Å². The third kappa shape index (κ3) is 3.66. The van der Waals surface area contributed by atoms with E-state index in [0.717, 1.165) is 18.2 Å². The Labute approximate surface area is 127 Å². The molecule has 0 N–H and O–H groups in total. The van der Waals surface area contributed by atoms with E-state index in [4.69, 9.17) is 0 Å². The number of nitro groups is 3. The Morgan fingerprint density at radius 2 is 1.26 bits per heavy atom. The number of non-ortho nitro benzene ring substituents is 2. The molecule has 0 unspecified atom stereocenters. The van der Waals surface area contributed by atoms with E-state index in [1.807, 2.05) is 0 Å². The predicted octanol–water partition coefficient (Wildman–Crippen LogP) is 3.83. The second-order valence-corrected chi connectivity index (χ2v) is 4.16. The first-order chi connectivity index (χ1) is 10.9. The first-order valence-electron chi connectivity index (χ1n) is 5.97. The molecule has 11 nitrogen and oxygen atoms in total. The molecule has 11 heteroatoms. The van der Waals surface area contributed by atoms with Gasteiger partial charge in [0.1, 0.15) is 0 Å². The lowest BCUT2D eigenvalue weighted by Gasteiger charge is -1.97. The van der Waals surface area contributed by atoms with Crippen LogP contribution in [0.1, 0.15) is 0 Å². The van der Waals surface area contributed by atoms with Crippen LogP contribution in [0.2, 0.25) is 0 Å². The van der Waals surface area contributed by atoms with Crippen molar-refractivity contribution in [2.45, 2.75) is 0 Å². The topological polar surface area (TPSA) is 154 Å². The highest BCUT2D eigenvalue weighted by molar-refractivity contribution is 5.61. The van der Waals surface area contributed by atoms with Crippen LogP contribution in [-0.2, 0) is 0 Å². The van der Waals surface area contributed by atoms with Crippen LogP contribution in [0.4, 0.5) is 28.4 Å². The number of rotatable bonds is 5. The van der Waals surface area contributed by atoms with Crippen LogP contribution in [-0.4, -0.2) is 14.8 Å². The van der Waals surface area contributed by atoms with Crippen LogP contribution in [0.5, 0.6) is 0 Å². The number of hydrogen-bond acceptors (Lipinski definition) is 8. The summed E-state index contributed by atoms with van der Waals surface area (Å²) in [5.41, 5.74) is -1.07. The summed E-state index contributed by atoms with van der Waals surface area (Å²) >= 11 is 0. The highest BCUT2D eigenvalue weighted by Gasteiger charge is 2.19. The van der Waals surface area contributed by atoms with Crippen molar-refractivity contribution >= 4 is 28.4 Å². The summed E-state index contributed by atoms with van der Waals surface area (Å²) in [6, 6.07) is 8.00. The van der Waals surface area contributed by atoms with E-state index in [1.54, 1.807) is 0 Å². The SMILES string of the molecule is O=[N+]([O-])c1ccc(N=Nc2ccc([N+](=O)[O-])cc2[N+](=O)[O-])cc1. The van der Waals surface area contributed by atoms with Crippen molar-refractivity contribution in [2.75, 3.05) is 0 Å². The van der Waals surface area contributed by atoms with Crippen molar-refractivity contribution in [1.29, 1.82) is 0 Å². The van der Waals surface area contributed by atoms with Crippen molar-refractivity contribution in [1.82, 2.24) is 0 Å². The maximum Gasteiger partial charge on any atom is 0.303 e. The van der Waals surface area contributed by atoms with Gasteiger partial charge in [-0.25, -0.2) is 0 Å². The van der Waals surface area contributed by atoms with E-state index >= 15 is 0 Å². The Morgan fingerprint density at radius 3 is 1.78 bits per heavy atom. The molecule has 0 aliphatic carbocycles. The summed E-state index contributed by atoms with van der Waals surface area (Å²) in [6.45, 7) is 0. The normalized spacial score (nSPS) is 10.6. The van der Waals surface area contributed by atoms with Gasteiger partial charge in [-0.1, -0.05) is 0 Å². The van der Waals surface area contributed by atoms with Gasteiger partial charge in [0, 0.05) is 18.2 Å². The van der Waals surface area contributed by atoms with Crippen molar-refractivity contribution in [3.63, 3.8) is 0 Å². The average Bonchev–Trinajstić information content (AvgIpc) is 2.52. The number of nitro benzene ring substituents is 3. The van der Waals surface area contributed by atoms with Gasteiger partial charge < -0.3 is 0 Å². The molecule has 0 spiro atoms. The molecule has 0 aromatic heterocycles. The molecule has 0 aliphatic rings. The molecule has 2 aromatic carbocycles. The van der Waals surface area contributed by atoms with Crippen LogP contribution in [0.25, 0.3) is 0 Å². The second kappa shape index (κ2) is 6.34. The van der Waals surface area contributed by atoms with Gasteiger partial charge in [0.25, 0.3) is 11.4 Å². The summed E-state index contributed by atoms with van der Waals surface area (Å²) in [5.74, 6) is 0. The van der Waals surface area contributed by atoms with Crippen molar-refractivity contribution in [3.8, 4) is 0 Å². The molecule has 0 bridgehead atoms. The zero-order valence-electron chi connectivity index (χ0n) is 11.2. The fourth-order valence-electron chi connectivity index (χ4n) is 1.61. The molecule has 0 fully saturated rings. The Hall–Kier alpha value is -3.76. The average molecular weight is 317 g/mol. The van der Waals surface area contributed by atoms with E-state index in [0.29, 0.717) is 0 Å². The van der Waals surface area contributed by atoms with Crippen molar-refractivity contribution in [3.05, 3.63) is 72.8 Å². The van der Waals surface area contributed by atoms with E-state index in [2.05, 4.69) is 10.2 Å². The summed E-state index contributed by atoms with van der Waals surface area (Å²) in [4.78, 5) is 29.9. The lowest BCUT2D eigenvalue weighted by Crippen LogP contribution is -1.92. The van der Waals surface area contributed by atoms with Gasteiger partial charge in [-0.15, -0.1) is 5.11 Å². The van der Waals surface area contributed by atoms with Crippen LogP contribution in [0.15, 0.2) is 52.7 Å². The molecule has 2 aromatic rings. The molecule has 116 valence electrons. The fourth-order valence-corrected chi connectivity index (χ4v) is 1.61. The quantitative estimate of drug-likeness (QED) is 0.463. The molecule has 2 rings (SSSR count). The lowest BCUT2D eigenvalue weighted by atomic mass is 10.2. The molecule has 23 heavy (non-hydrogen) atoms.